The van der Waals surface area contributed by atoms with E-state index in [9.17, 15) is 18.0 Å². The zero-order chi connectivity index (χ0) is 19.1. The molecule has 0 unspecified atom stereocenters. The summed E-state index contributed by atoms with van der Waals surface area (Å²) in [6, 6.07) is 0.333. The summed E-state index contributed by atoms with van der Waals surface area (Å²) < 4.78 is 46.7. The van der Waals surface area contributed by atoms with E-state index in [1.807, 2.05) is 0 Å². The van der Waals surface area contributed by atoms with E-state index in [0.29, 0.717) is 19.4 Å². The Balaban J connectivity index is 1.85. The van der Waals surface area contributed by atoms with Crippen LogP contribution in [0, 0.1) is 5.82 Å². The monoisotopic (exact) mass is 371 g/mol. The molecule has 2 aromatic heterocycles. The summed E-state index contributed by atoms with van der Waals surface area (Å²) >= 11 is 0. The van der Waals surface area contributed by atoms with Gasteiger partial charge in [0, 0.05) is 12.6 Å². The number of aromatic nitrogens is 3. The first-order valence-electron chi connectivity index (χ1n) is 8.25. The molecule has 142 valence electrons. The Morgan fingerprint density at radius 3 is 2.81 bits per heavy atom. The van der Waals surface area contributed by atoms with Gasteiger partial charge in [-0.3, -0.25) is 5.32 Å². The summed E-state index contributed by atoms with van der Waals surface area (Å²) in [6.45, 7) is 5.47. The lowest BCUT2D eigenvalue weighted by atomic mass is 10.2. The first kappa shape index (κ1) is 18.3. The molecule has 0 bridgehead atoms. The maximum absolute atomic E-state index is 14.2. The van der Waals surface area contributed by atoms with Gasteiger partial charge >= 0.3 is 6.09 Å². The van der Waals surface area contributed by atoms with E-state index in [2.05, 4.69) is 15.4 Å². The molecule has 0 radical (unpaired) electrons. The van der Waals surface area contributed by atoms with Crippen molar-refractivity contribution in [2.75, 3.05) is 16.8 Å². The van der Waals surface area contributed by atoms with Crippen molar-refractivity contribution in [1.29, 1.82) is 0 Å². The molecule has 26 heavy (non-hydrogen) atoms. The molecule has 1 saturated heterocycles. The minimum atomic E-state index is -2.51. The number of carbonyl (C=O) groups excluding carboxylic acids is 1. The van der Waals surface area contributed by atoms with Gasteiger partial charge in [0.25, 0.3) is 6.43 Å². The van der Waals surface area contributed by atoms with Crippen LogP contribution in [0.1, 0.15) is 33.6 Å². The highest BCUT2D eigenvalue weighted by atomic mass is 19.3. The molecule has 3 heterocycles. The number of carbonyl (C=O) groups is 1. The van der Waals surface area contributed by atoms with Crippen molar-refractivity contribution in [1.82, 2.24) is 14.6 Å². The van der Waals surface area contributed by atoms with E-state index in [4.69, 9.17) is 4.74 Å². The van der Waals surface area contributed by atoms with Crippen LogP contribution >= 0.6 is 0 Å². The minimum absolute atomic E-state index is 0.113. The third-order valence-corrected chi connectivity index (χ3v) is 3.90. The summed E-state index contributed by atoms with van der Waals surface area (Å²) in [4.78, 5) is 17.4. The van der Waals surface area contributed by atoms with Crippen LogP contribution in [-0.4, -0.2) is 45.3 Å². The van der Waals surface area contributed by atoms with Crippen LogP contribution in [-0.2, 0) is 4.74 Å². The number of alkyl halides is 2. The van der Waals surface area contributed by atoms with Crippen molar-refractivity contribution in [2.45, 2.75) is 51.7 Å². The molecular formula is C16H20F3N5O2. The Morgan fingerprint density at radius 2 is 2.15 bits per heavy atom. The predicted molar refractivity (Wildman–Crippen MR) is 89.2 cm³/mol. The van der Waals surface area contributed by atoms with E-state index >= 15 is 0 Å². The third kappa shape index (κ3) is 3.83. The van der Waals surface area contributed by atoms with Crippen LogP contribution in [0.15, 0.2) is 12.3 Å². The Hall–Kier alpha value is -2.52. The molecule has 1 amide bonds. The van der Waals surface area contributed by atoms with Gasteiger partial charge in [0.1, 0.15) is 5.60 Å². The number of anilines is 2. The predicted octanol–water partition coefficient (Wildman–Crippen LogP) is 3.45. The molecule has 0 saturated carbocycles. The Kier molecular flexibility index (Phi) is 4.68. The van der Waals surface area contributed by atoms with Crippen molar-refractivity contribution in [3.63, 3.8) is 0 Å². The van der Waals surface area contributed by atoms with Crippen molar-refractivity contribution in [2.24, 2.45) is 0 Å². The van der Waals surface area contributed by atoms with Gasteiger partial charge in [-0.1, -0.05) is 0 Å². The molecule has 10 heteroatoms. The molecule has 1 N–H and O–H groups in total. The molecule has 0 aliphatic carbocycles. The SMILES string of the molecule is CC(C)(C)OC(=O)Nc1cc2nc(N3CCC[C@@H]3C(F)F)nn2cc1F. The summed E-state index contributed by atoms with van der Waals surface area (Å²) in [5, 5.41) is 6.40. The van der Waals surface area contributed by atoms with E-state index in [-0.39, 0.29) is 17.3 Å². The van der Waals surface area contributed by atoms with Crippen molar-refractivity contribution >= 4 is 23.4 Å². The Labute approximate surface area is 148 Å². The number of ether oxygens (including phenoxy) is 1. The Bertz CT molecular complexity index is 818. The quantitative estimate of drug-likeness (QED) is 0.895. The number of hydrogen-bond acceptors (Lipinski definition) is 5. The van der Waals surface area contributed by atoms with Gasteiger partial charge in [-0.05, 0) is 33.6 Å². The summed E-state index contributed by atoms with van der Waals surface area (Å²) in [5.74, 6) is -0.631. The first-order chi connectivity index (χ1) is 12.1. The van der Waals surface area contributed by atoms with Crippen molar-refractivity contribution < 1.29 is 22.7 Å². The molecule has 3 rings (SSSR count). The molecule has 2 aromatic rings. The summed E-state index contributed by atoms with van der Waals surface area (Å²) in [7, 11) is 0. The smallest absolute Gasteiger partial charge is 0.412 e. The molecule has 1 atom stereocenters. The minimum Gasteiger partial charge on any atom is -0.444 e. The lowest BCUT2D eigenvalue weighted by Crippen LogP contribution is -2.35. The Morgan fingerprint density at radius 1 is 1.42 bits per heavy atom. The number of halogens is 3. The highest BCUT2D eigenvalue weighted by Gasteiger charge is 2.34. The fraction of sp³-hybridized carbons (Fsp3) is 0.562. The lowest BCUT2D eigenvalue weighted by Gasteiger charge is -2.21. The second-order valence-electron chi connectivity index (χ2n) is 7.11. The average Bonchev–Trinajstić information content (AvgIpc) is 3.11. The highest BCUT2D eigenvalue weighted by Crippen LogP contribution is 2.28. The fourth-order valence-corrected chi connectivity index (χ4v) is 2.83. The first-order valence-corrected chi connectivity index (χ1v) is 8.25. The molecule has 0 aromatic carbocycles. The zero-order valence-electron chi connectivity index (χ0n) is 14.7. The van der Waals surface area contributed by atoms with E-state index < -0.39 is 30.0 Å². The second kappa shape index (κ2) is 6.65. The normalized spacial score (nSPS) is 18.0. The van der Waals surface area contributed by atoms with E-state index in [1.54, 1.807) is 20.8 Å². The lowest BCUT2D eigenvalue weighted by molar-refractivity contribution is 0.0635. The number of amides is 1. The summed E-state index contributed by atoms with van der Waals surface area (Å²) in [6.07, 6.45) is -1.31. The van der Waals surface area contributed by atoms with Gasteiger partial charge in [-0.25, -0.2) is 22.5 Å². The van der Waals surface area contributed by atoms with E-state index in [1.165, 1.54) is 11.0 Å². The summed E-state index contributed by atoms with van der Waals surface area (Å²) in [5.41, 5.74) is -0.628. The van der Waals surface area contributed by atoms with Crippen LogP contribution in [0.2, 0.25) is 0 Å². The highest BCUT2D eigenvalue weighted by molar-refractivity contribution is 5.85. The van der Waals surface area contributed by atoms with Gasteiger partial charge < -0.3 is 9.64 Å². The van der Waals surface area contributed by atoms with Crippen molar-refractivity contribution in [3.05, 3.63) is 18.1 Å². The average molecular weight is 371 g/mol. The van der Waals surface area contributed by atoms with Crippen LogP contribution in [0.4, 0.5) is 29.6 Å². The number of hydrogen-bond donors (Lipinski definition) is 1. The van der Waals surface area contributed by atoms with Gasteiger partial charge in [0.2, 0.25) is 5.95 Å². The van der Waals surface area contributed by atoms with Crippen LogP contribution in [0.3, 0.4) is 0 Å². The van der Waals surface area contributed by atoms with Gasteiger partial charge in [-0.2, -0.15) is 4.98 Å². The van der Waals surface area contributed by atoms with Crippen LogP contribution in [0.5, 0.6) is 0 Å². The third-order valence-electron chi connectivity index (χ3n) is 3.90. The second-order valence-corrected chi connectivity index (χ2v) is 7.11. The molecule has 1 fully saturated rings. The molecular weight excluding hydrogens is 351 g/mol. The number of nitrogens with zero attached hydrogens (tertiary/aromatic N) is 4. The molecule has 0 spiro atoms. The van der Waals surface area contributed by atoms with Crippen LogP contribution in [0.25, 0.3) is 5.65 Å². The van der Waals surface area contributed by atoms with E-state index in [0.717, 1.165) is 10.7 Å². The number of nitrogens with one attached hydrogen (secondary N) is 1. The largest absolute Gasteiger partial charge is 0.444 e. The van der Waals surface area contributed by atoms with Gasteiger partial charge in [-0.15, -0.1) is 5.10 Å². The zero-order valence-corrected chi connectivity index (χ0v) is 14.7. The van der Waals surface area contributed by atoms with Crippen LogP contribution < -0.4 is 10.2 Å². The number of rotatable bonds is 3. The number of pyridine rings is 1. The maximum Gasteiger partial charge on any atom is 0.412 e. The van der Waals surface area contributed by atoms with Crippen molar-refractivity contribution in [3.8, 4) is 0 Å². The number of fused-ring (bicyclic) bond motifs is 1. The van der Waals surface area contributed by atoms with Gasteiger partial charge in [0.05, 0.1) is 17.9 Å². The maximum atomic E-state index is 14.2. The fourth-order valence-electron chi connectivity index (χ4n) is 2.83. The molecule has 7 nitrogen and oxygen atoms in total. The van der Waals surface area contributed by atoms with Gasteiger partial charge in [0.15, 0.2) is 11.5 Å². The standard InChI is InChI=1S/C16H20F3N5O2/c1-16(2,3)26-15(25)20-10-7-12-21-14(22-24(12)8-9(10)17)23-6-4-5-11(23)13(18)19/h7-8,11,13H,4-6H2,1-3H3,(H,20,25)/t11-/m1/s1. The topological polar surface area (TPSA) is 71.8 Å². The molecule has 1 aliphatic heterocycles. The molecule has 1 aliphatic rings.